The van der Waals surface area contributed by atoms with Crippen molar-refractivity contribution in [3.05, 3.63) is 67.0 Å². The summed E-state index contributed by atoms with van der Waals surface area (Å²) in [6.45, 7) is 4.78. The average molecular weight is 444 g/mol. The van der Waals surface area contributed by atoms with Gasteiger partial charge in [-0.3, -0.25) is 4.79 Å². The molecule has 5 rings (SSSR count). The number of hydrogen-bond acceptors (Lipinski definition) is 6. The lowest BCUT2D eigenvalue weighted by molar-refractivity contribution is -0.136. The molecule has 33 heavy (non-hydrogen) atoms. The number of nitrogens with zero attached hydrogens (tertiary/aromatic N) is 5. The summed E-state index contributed by atoms with van der Waals surface area (Å²) in [4.78, 5) is 28.6. The zero-order chi connectivity index (χ0) is 22.6. The predicted molar refractivity (Wildman–Crippen MR) is 129 cm³/mol. The lowest BCUT2D eigenvalue weighted by Gasteiger charge is -2.39. The number of aromatic nitrogens is 2. The molecule has 1 amide bonds. The van der Waals surface area contributed by atoms with E-state index in [9.17, 15) is 9.90 Å². The summed E-state index contributed by atoms with van der Waals surface area (Å²) in [5.41, 5.74) is 3.09. The molecule has 2 fully saturated rings. The van der Waals surface area contributed by atoms with Crippen LogP contribution in [0.3, 0.4) is 0 Å². The summed E-state index contributed by atoms with van der Waals surface area (Å²) in [6, 6.07) is 19.5. The molecule has 7 heteroatoms. The number of benzene rings is 2. The van der Waals surface area contributed by atoms with Crippen molar-refractivity contribution >= 4 is 17.4 Å². The van der Waals surface area contributed by atoms with Crippen LogP contribution in [0, 0.1) is 5.92 Å². The monoisotopic (exact) mass is 443 g/mol. The van der Waals surface area contributed by atoms with Crippen LogP contribution < -0.4 is 9.80 Å². The van der Waals surface area contributed by atoms with Gasteiger partial charge in [0.1, 0.15) is 17.9 Å². The summed E-state index contributed by atoms with van der Waals surface area (Å²) in [7, 11) is 0. The van der Waals surface area contributed by atoms with E-state index in [4.69, 9.17) is 0 Å². The highest BCUT2D eigenvalue weighted by Crippen LogP contribution is 2.27. The fraction of sp³-hybridized carbons (Fsp3) is 0.346. The third kappa shape index (κ3) is 4.77. The Bertz CT molecular complexity index is 1070. The summed E-state index contributed by atoms with van der Waals surface area (Å²) >= 11 is 0. The highest BCUT2D eigenvalue weighted by atomic mass is 16.3. The predicted octanol–water partition coefficient (Wildman–Crippen LogP) is 3.41. The molecule has 2 saturated heterocycles. The number of carbonyl (C=O) groups excluding carboxylic acids is 1. The van der Waals surface area contributed by atoms with Crippen LogP contribution in [0.25, 0.3) is 11.3 Å². The molecule has 0 aliphatic carbocycles. The number of piperidine rings is 1. The SMILES string of the molecule is O=C(C1CCN(c2cc(-c3ccccc3)ncn2)CC1)N1CCN(c2ccc(O)cc2)CC1. The van der Waals surface area contributed by atoms with E-state index in [0.717, 1.165) is 74.9 Å². The minimum Gasteiger partial charge on any atom is -0.508 e. The van der Waals surface area contributed by atoms with E-state index in [1.54, 1.807) is 18.5 Å². The Balaban J connectivity index is 1.15. The Hall–Kier alpha value is -3.61. The van der Waals surface area contributed by atoms with E-state index in [0.29, 0.717) is 0 Å². The van der Waals surface area contributed by atoms with E-state index >= 15 is 0 Å². The minimum atomic E-state index is 0.0805. The molecule has 3 heterocycles. The number of rotatable bonds is 4. The summed E-state index contributed by atoms with van der Waals surface area (Å²) < 4.78 is 0. The molecule has 0 saturated carbocycles. The lowest BCUT2D eigenvalue weighted by atomic mass is 9.95. The Kier molecular flexibility index (Phi) is 6.11. The largest absolute Gasteiger partial charge is 0.508 e. The molecule has 3 aromatic rings. The highest BCUT2D eigenvalue weighted by molar-refractivity contribution is 5.79. The van der Waals surface area contributed by atoms with Crippen molar-refractivity contribution < 1.29 is 9.90 Å². The maximum atomic E-state index is 13.2. The first-order chi connectivity index (χ1) is 16.2. The Morgan fingerprint density at radius 2 is 1.52 bits per heavy atom. The third-order valence-corrected chi connectivity index (χ3v) is 6.70. The van der Waals surface area contributed by atoms with Gasteiger partial charge in [0.2, 0.25) is 5.91 Å². The van der Waals surface area contributed by atoms with Gasteiger partial charge in [0.05, 0.1) is 5.69 Å². The van der Waals surface area contributed by atoms with E-state index in [2.05, 4.69) is 31.9 Å². The Morgan fingerprint density at radius 1 is 0.818 bits per heavy atom. The second-order valence-corrected chi connectivity index (χ2v) is 8.72. The first-order valence-corrected chi connectivity index (χ1v) is 11.6. The van der Waals surface area contributed by atoms with Gasteiger partial charge in [-0.15, -0.1) is 0 Å². The van der Waals surface area contributed by atoms with Crippen LogP contribution in [-0.2, 0) is 4.79 Å². The molecule has 0 spiro atoms. The number of carbonyl (C=O) groups is 1. The first kappa shape index (κ1) is 21.2. The maximum absolute atomic E-state index is 13.2. The van der Waals surface area contributed by atoms with E-state index in [1.165, 1.54) is 0 Å². The second-order valence-electron chi connectivity index (χ2n) is 8.72. The smallest absolute Gasteiger partial charge is 0.225 e. The zero-order valence-electron chi connectivity index (χ0n) is 18.7. The molecule has 2 aliphatic rings. The van der Waals surface area contributed by atoms with Crippen LogP contribution in [0.1, 0.15) is 12.8 Å². The molecule has 1 N–H and O–H groups in total. The quantitative estimate of drug-likeness (QED) is 0.666. The zero-order valence-corrected chi connectivity index (χ0v) is 18.7. The van der Waals surface area contributed by atoms with Gasteiger partial charge in [-0.2, -0.15) is 0 Å². The van der Waals surface area contributed by atoms with Crippen LogP contribution in [0.5, 0.6) is 5.75 Å². The number of amides is 1. The first-order valence-electron chi connectivity index (χ1n) is 11.6. The summed E-state index contributed by atoms with van der Waals surface area (Å²) in [5.74, 6) is 1.57. The normalized spacial score (nSPS) is 17.3. The maximum Gasteiger partial charge on any atom is 0.225 e. The molecule has 0 unspecified atom stereocenters. The van der Waals surface area contributed by atoms with Crippen LogP contribution in [0.2, 0.25) is 0 Å². The van der Waals surface area contributed by atoms with Crippen LogP contribution in [0.15, 0.2) is 67.0 Å². The van der Waals surface area contributed by atoms with Gasteiger partial charge in [-0.05, 0) is 37.1 Å². The van der Waals surface area contributed by atoms with Crippen LogP contribution in [0.4, 0.5) is 11.5 Å². The fourth-order valence-corrected chi connectivity index (χ4v) is 4.75. The standard InChI is InChI=1S/C26H29N5O2/c32-23-8-6-22(7-9-23)29-14-16-31(17-15-29)26(33)21-10-12-30(13-11-21)25-18-24(27-19-28-25)20-4-2-1-3-5-20/h1-9,18-19,21,32H,10-17H2. The molecule has 2 aromatic carbocycles. The second kappa shape index (κ2) is 9.48. The van der Waals surface area contributed by atoms with Gasteiger partial charge in [0.25, 0.3) is 0 Å². The van der Waals surface area contributed by atoms with Gasteiger partial charge in [-0.25, -0.2) is 9.97 Å². The van der Waals surface area contributed by atoms with Gasteiger partial charge in [0, 0.05) is 62.5 Å². The van der Waals surface area contributed by atoms with Crippen molar-refractivity contribution in [1.29, 1.82) is 0 Å². The molecule has 1 aromatic heterocycles. The van der Waals surface area contributed by atoms with Crippen molar-refractivity contribution in [2.24, 2.45) is 5.92 Å². The molecular formula is C26H29N5O2. The van der Waals surface area contributed by atoms with Crippen molar-refractivity contribution in [1.82, 2.24) is 14.9 Å². The van der Waals surface area contributed by atoms with Gasteiger partial charge in [0.15, 0.2) is 0 Å². The number of phenolic OH excluding ortho intramolecular Hbond substituents is 1. The van der Waals surface area contributed by atoms with E-state index in [-0.39, 0.29) is 17.6 Å². The molecule has 170 valence electrons. The lowest BCUT2D eigenvalue weighted by Crippen LogP contribution is -2.51. The number of phenols is 1. The number of hydrogen-bond donors (Lipinski definition) is 1. The van der Waals surface area contributed by atoms with E-state index in [1.807, 2.05) is 41.3 Å². The van der Waals surface area contributed by atoms with Crippen molar-refractivity contribution in [3.63, 3.8) is 0 Å². The molecule has 7 nitrogen and oxygen atoms in total. The Morgan fingerprint density at radius 3 is 2.21 bits per heavy atom. The van der Waals surface area contributed by atoms with Crippen molar-refractivity contribution in [2.75, 3.05) is 49.1 Å². The number of anilines is 2. The Labute approximate surface area is 194 Å². The number of piperazine rings is 1. The summed E-state index contributed by atoms with van der Waals surface area (Å²) in [5, 5.41) is 9.49. The highest BCUT2D eigenvalue weighted by Gasteiger charge is 2.31. The molecule has 2 aliphatic heterocycles. The molecule has 0 bridgehead atoms. The number of aromatic hydroxyl groups is 1. The van der Waals surface area contributed by atoms with Crippen molar-refractivity contribution in [3.8, 4) is 17.0 Å². The van der Waals surface area contributed by atoms with Gasteiger partial charge < -0.3 is 19.8 Å². The van der Waals surface area contributed by atoms with E-state index < -0.39 is 0 Å². The molecule has 0 atom stereocenters. The van der Waals surface area contributed by atoms with Crippen molar-refractivity contribution in [2.45, 2.75) is 12.8 Å². The van der Waals surface area contributed by atoms with Crippen LogP contribution >= 0.6 is 0 Å². The third-order valence-electron chi connectivity index (χ3n) is 6.70. The van der Waals surface area contributed by atoms with Gasteiger partial charge >= 0.3 is 0 Å². The molecule has 0 radical (unpaired) electrons. The summed E-state index contributed by atoms with van der Waals surface area (Å²) in [6.07, 6.45) is 3.33. The minimum absolute atomic E-state index is 0.0805. The molecular weight excluding hydrogens is 414 g/mol. The topological polar surface area (TPSA) is 72.8 Å². The van der Waals surface area contributed by atoms with Gasteiger partial charge in [-0.1, -0.05) is 30.3 Å². The fourth-order valence-electron chi connectivity index (χ4n) is 4.75. The average Bonchev–Trinajstić information content (AvgIpc) is 2.89. The van der Waals surface area contributed by atoms with Crippen LogP contribution in [-0.4, -0.2) is 65.2 Å².